The Labute approximate surface area is 124 Å². The fourth-order valence-corrected chi connectivity index (χ4v) is 2.10. The van der Waals surface area contributed by atoms with Crippen LogP contribution in [0.15, 0.2) is 33.3 Å². The van der Waals surface area contributed by atoms with Gasteiger partial charge >= 0.3 is 0 Å². The molecule has 0 unspecified atom stereocenters. The summed E-state index contributed by atoms with van der Waals surface area (Å²) < 4.78 is 6.09. The highest BCUT2D eigenvalue weighted by molar-refractivity contribution is 9.10. The normalized spacial score (nSPS) is 10.5. The van der Waals surface area contributed by atoms with Crippen molar-refractivity contribution >= 4 is 33.4 Å². The molecule has 2 rings (SSSR count). The molecular weight excluding hydrogens is 332 g/mol. The van der Waals surface area contributed by atoms with Crippen LogP contribution < -0.4 is 5.32 Å². The van der Waals surface area contributed by atoms with E-state index >= 15 is 0 Å². The summed E-state index contributed by atoms with van der Waals surface area (Å²) in [5.41, 5.74) is 0.415. The van der Waals surface area contributed by atoms with Crippen LogP contribution in [-0.4, -0.2) is 10.9 Å². The van der Waals surface area contributed by atoms with Crippen molar-refractivity contribution in [3.63, 3.8) is 0 Å². The van der Waals surface area contributed by atoms with Crippen molar-refractivity contribution < 1.29 is 9.21 Å². The van der Waals surface area contributed by atoms with Crippen molar-refractivity contribution in [1.82, 2.24) is 10.3 Å². The number of benzene rings is 1. The van der Waals surface area contributed by atoms with Crippen molar-refractivity contribution in [1.29, 1.82) is 0 Å². The first-order valence-corrected chi connectivity index (χ1v) is 6.94. The predicted octanol–water partition coefficient (Wildman–Crippen LogP) is 3.58. The minimum atomic E-state index is -0.262. The van der Waals surface area contributed by atoms with E-state index in [1.807, 2.05) is 6.92 Å². The smallest absolute Gasteiger partial charge is 0.253 e. The number of oxazole rings is 1. The van der Waals surface area contributed by atoms with Crippen molar-refractivity contribution in [3.05, 3.63) is 51.1 Å². The Morgan fingerprint density at radius 1 is 1.53 bits per heavy atom. The SMILES string of the molecule is CCc1cnc(CNC(=O)c2cccc(Br)c2Cl)o1. The second kappa shape index (κ2) is 6.21. The molecule has 4 nitrogen and oxygen atoms in total. The number of amides is 1. The molecule has 0 radical (unpaired) electrons. The van der Waals surface area contributed by atoms with Gasteiger partial charge in [-0.3, -0.25) is 4.79 Å². The van der Waals surface area contributed by atoms with Crippen molar-refractivity contribution in [2.75, 3.05) is 0 Å². The molecule has 0 fully saturated rings. The quantitative estimate of drug-likeness (QED) is 0.923. The van der Waals surface area contributed by atoms with E-state index in [9.17, 15) is 4.79 Å². The molecule has 1 aromatic carbocycles. The van der Waals surface area contributed by atoms with Gasteiger partial charge < -0.3 is 9.73 Å². The van der Waals surface area contributed by atoms with E-state index in [2.05, 4.69) is 26.2 Å². The Morgan fingerprint density at radius 3 is 3.00 bits per heavy atom. The molecule has 0 aliphatic carbocycles. The van der Waals surface area contributed by atoms with Gasteiger partial charge in [-0.2, -0.15) is 0 Å². The van der Waals surface area contributed by atoms with E-state index in [4.69, 9.17) is 16.0 Å². The number of carbonyl (C=O) groups is 1. The number of aryl methyl sites for hydroxylation is 1. The van der Waals surface area contributed by atoms with E-state index in [1.54, 1.807) is 24.4 Å². The first-order chi connectivity index (χ1) is 9.11. The Bertz CT molecular complexity index is 598. The second-order valence-electron chi connectivity index (χ2n) is 3.86. The van der Waals surface area contributed by atoms with Crippen LogP contribution in [0, 0.1) is 0 Å². The van der Waals surface area contributed by atoms with Gasteiger partial charge in [-0.15, -0.1) is 0 Å². The van der Waals surface area contributed by atoms with Crippen LogP contribution in [0.25, 0.3) is 0 Å². The first-order valence-electron chi connectivity index (χ1n) is 5.77. The highest BCUT2D eigenvalue weighted by Crippen LogP contribution is 2.25. The van der Waals surface area contributed by atoms with E-state index in [0.717, 1.165) is 12.2 Å². The molecule has 0 bridgehead atoms. The lowest BCUT2D eigenvalue weighted by Gasteiger charge is -2.06. The Hall–Kier alpha value is -1.33. The number of nitrogens with zero attached hydrogens (tertiary/aromatic N) is 1. The van der Waals surface area contributed by atoms with Crippen LogP contribution in [-0.2, 0) is 13.0 Å². The number of aromatic nitrogens is 1. The summed E-state index contributed by atoms with van der Waals surface area (Å²) in [6.07, 6.45) is 2.44. The molecule has 19 heavy (non-hydrogen) atoms. The van der Waals surface area contributed by atoms with Crippen LogP contribution in [0.4, 0.5) is 0 Å². The maximum Gasteiger partial charge on any atom is 0.253 e. The van der Waals surface area contributed by atoms with E-state index in [-0.39, 0.29) is 12.5 Å². The van der Waals surface area contributed by atoms with Crippen LogP contribution >= 0.6 is 27.5 Å². The lowest BCUT2D eigenvalue weighted by molar-refractivity contribution is 0.0947. The molecule has 6 heteroatoms. The predicted molar refractivity (Wildman–Crippen MR) is 76.2 cm³/mol. The molecule has 0 aliphatic rings. The number of nitrogens with one attached hydrogen (secondary N) is 1. The zero-order valence-electron chi connectivity index (χ0n) is 10.2. The maximum atomic E-state index is 12.0. The fraction of sp³-hybridized carbons (Fsp3) is 0.231. The van der Waals surface area contributed by atoms with Gasteiger partial charge in [0.15, 0.2) is 0 Å². The topological polar surface area (TPSA) is 55.1 Å². The van der Waals surface area contributed by atoms with Crippen LogP contribution in [0.1, 0.15) is 28.9 Å². The standard InChI is InChI=1S/C13H12BrClN2O2/c1-2-8-6-16-11(19-8)7-17-13(18)9-4-3-5-10(14)12(9)15/h3-6H,2,7H2,1H3,(H,17,18). The van der Waals surface area contributed by atoms with Gasteiger partial charge in [-0.05, 0) is 28.1 Å². The zero-order chi connectivity index (χ0) is 13.8. The van der Waals surface area contributed by atoms with Gasteiger partial charge in [0.2, 0.25) is 5.89 Å². The molecule has 2 aromatic rings. The monoisotopic (exact) mass is 342 g/mol. The summed E-state index contributed by atoms with van der Waals surface area (Å²) in [6, 6.07) is 5.20. The molecule has 100 valence electrons. The number of rotatable bonds is 4. The minimum absolute atomic E-state index is 0.238. The largest absolute Gasteiger partial charge is 0.444 e. The van der Waals surface area contributed by atoms with Crippen molar-refractivity contribution in [3.8, 4) is 0 Å². The number of halogens is 2. The van der Waals surface area contributed by atoms with Crippen LogP contribution in [0.3, 0.4) is 0 Å². The zero-order valence-corrected chi connectivity index (χ0v) is 12.6. The molecule has 0 saturated heterocycles. The molecule has 0 atom stereocenters. The van der Waals surface area contributed by atoms with E-state index in [0.29, 0.717) is 20.9 Å². The summed E-state index contributed by atoms with van der Waals surface area (Å²) in [5.74, 6) is 1.02. The third-order valence-corrected chi connectivity index (χ3v) is 3.84. The number of carbonyl (C=O) groups excluding carboxylic acids is 1. The highest BCUT2D eigenvalue weighted by Gasteiger charge is 2.13. The molecule has 0 aliphatic heterocycles. The molecule has 1 aromatic heterocycles. The Balaban J connectivity index is 2.03. The average Bonchev–Trinajstić information content (AvgIpc) is 2.87. The summed E-state index contributed by atoms with van der Waals surface area (Å²) in [6.45, 7) is 2.21. The molecular formula is C13H12BrClN2O2. The van der Waals surface area contributed by atoms with Crippen LogP contribution in [0.5, 0.6) is 0 Å². The Morgan fingerprint density at radius 2 is 2.32 bits per heavy atom. The lowest BCUT2D eigenvalue weighted by Crippen LogP contribution is -2.23. The van der Waals surface area contributed by atoms with Crippen molar-refractivity contribution in [2.45, 2.75) is 19.9 Å². The van der Waals surface area contributed by atoms with E-state index < -0.39 is 0 Å². The third kappa shape index (κ3) is 3.36. The van der Waals surface area contributed by atoms with Crippen molar-refractivity contribution in [2.24, 2.45) is 0 Å². The highest BCUT2D eigenvalue weighted by atomic mass is 79.9. The number of hydrogen-bond acceptors (Lipinski definition) is 3. The summed E-state index contributed by atoms with van der Waals surface area (Å²) in [4.78, 5) is 16.1. The van der Waals surface area contributed by atoms with Gasteiger partial charge in [0.05, 0.1) is 23.3 Å². The van der Waals surface area contributed by atoms with Gasteiger partial charge in [0.1, 0.15) is 5.76 Å². The van der Waals surface area contributed by atoms with Gasteiger partial charge in [0.25, 0.3) is 5.91 Å². The molecule has 0 saturated carbocycles. The molecule has 1 heterocycles. The second-order valence-corrected chi connectivity index (χ2v) is 5.09. The maximum absolute atomic E-state index is 12.0. The lowest BCUT2D eigenvalue weighted by atomic mass is 10.2. The van der Waals surface area contributed by atoms with Gasteiger partial charge in [-0.1, -0.05) is 24.6 Å². The molecule has 0 spiro atoms. The molecule has 1 N–H and O–H groups in total. The van der Waals surface area contributed by atoms with Crippen LogP contribution in [0.2, 0.25) is 5.02 Å². The summed E-state index contributed by atoms with van der Waals surface area (Å²) >= 11 is 9.33. The van der Waals surface area contributed by atoms with Gasteiger partial charge in [0, 0.05) is 10.9 Å². The number of hydrogen-bond donors (Lipinski definition) is 1. The van der Waals surface area contributed by atoms with E-state index in [1.165, 1.54) is 0 Å². The fourth-order valence-electron chi connectivity index (χ4n) is 1.52. The minimum Gasteiger partial charge on any atom is -0.444 e. The molecule has 1 amide bonds. The first kappa shape index (κ1) is 14.1. The Kier molecular flexibility index (Phi) is 4.61. The summed E-state index contributed by atoms with van der Waals surface area (Å²) in [5, 5.41) is 3.11. The average molecular weight is 344 g/mol. The summed E-state index contributed by atoms with van der Waals surface area (Å²) in [7, 11) is 0. The third-order valence-electron chi connectivity index (χ3n) is 2.55. The van der Waals surface area contributed by atoms with Gasteiger partial charge in [-0.25, -0.2) is 4.98 Å².